The van der Waals surface area contributed by atoms with Crippen LogP contribution in [-0.2, 0) is 17.8 Å². The van der Waals surface area contributed by atoms with Gasteiger partial charge in [-0.15, -0.1) is 0 Å². The first-order chi connectivity index (χ1) is 13.1. The number of H-pyrrole nitrogens is 1. The van der Waals surface area contributed by atoms with Gasteiger partial charge < -0.3 is 14.5 Å². The summed E-state index contributed by atoms with van der Waals surface area (Å²) in [4.78, 5) is 23.1. The molecule has 0 saturated carbocycles. The lowest BCUT2D eigenvalue weighted by Crippen LogP contribution is -2.39. The number of hydrogen-bond acceptors (Lipinski definition) is 2. The zero-order chi connectivity index (χ0) is 18.5. The molecule has 0 bridgehead atoms. The molecule has 0 fully saturated rings. The van der Waals surface area contributed by atoms with Gasteiger partial charge in [-0.1, -0.05) is 28.1 Å². The first-order valence-corrected chi connectivity index (χ1v) is 9.90. The Labute approximate surface area is 165 Å². The van der Waals surface area contributed by atoms with Crippen LogP contribution in [0.1, 0.15) is 24.2 Å². The molecular formula is C21H19BrN4O. The fourth-order valence-electron chi connectivity index (χ4n) is 4.04. The SMILES string of the molecule is C[C@@H](C(=O)N1CCc2[nH]c3ccc(Br)cc3c2C1)n1cnc2ccccc21. The van der Waals surface area contributed by atoms with Crippen molar-refractivity contribution in [2.75, 3.05) is 6.54 Å². The van der Waals surface area contributed by atoms with Crippen molar-refractivity contribution < 1.29 is 4.79 Å². The number of aromatic amines is 1. The molecule has 0 aliphatic carbocycles. The van der Waals surface area contributed by atoms with Gasteiger partial charge in [-0.25, -0.2) is 4.98 Å². The zero-order valence-corrected chi connectivity index (χ0v) is 16.5. The minimum Gasteiger partial charge on any atom is -0.358 e. The molecule has 1 aliphatic rings. The Bertz CT molecular complexity index is 1180. The van der Waals surface area contributed by atoms with Gasteiger partial charge >= 0.3 is 0 Å². The number of nitrogens with zero attached hydrogens (tertiary/aromatic N) is 3. The Morgan fingerprint density at radius 3 is 3.00 bits per heavy atom. The first kappa shape index (κ1) is 16.6. The Kier molecular flexibility index (Phi) is 3.82. The van der Waals surface area contributed by atoms with Crippen molar-refractivity contribution in [3.8, 4) is 0 Å². The quantitative estimate of drug-likeness (QED) is 0.519. The molecule has 5 nitrogen and oxygen atoms in total. The molecule has 6 heteroatoms. The zero-order valence-electron chi connectivity index (χ0n) is 14.9. The van der Waals surface area contributed by atoms with Crippen LogP contribution in [0.4, 0.5) is 0 Å². The molecule has 27 heavy (non-hydrogen) atoms. The van der Waals surface area contributed by atoms with Gasteiger partial charge in [0.25, 0.3) is 0 Å². The molecule has 1 aliphatic heterocycles. The molecule has 1 N–H and O–H groups in total. The lowest BCUT2D eigenvalue weighted by atomic mass is 10.0. The Balaban J connectivity index is 1.46. The Morgan fingerprint density at radius 2 is 2.11 bits per heavy atom. The Hall–Kier alpha value is -2.60. The topological polar surface area (TPSA) is 53.9 Å². The van der Waals surface area contributed by atoms with Gasteiger partial charge in [-0.05, 0) is 37.3 Å². The van der Waals surface area contributed by atoms with E-state index in [1.54, 1.807) is 6.33 Å². The van der Waals surface area contributed by atoms with Gasteiger partial charge in [0.15, 0.2) is 0 Å². The summed E-state index contributed by atoms with van der Waals surface area (Å²) in [5, 5.41) is 1.19. The van der Waals surface area contributed by atoms with Gasteiger partial charge in [-0.3, -0.25) is 4.79 Å². The number of para-hydroxylation sites is 2. The summed E-state index contributed by atoms with van der Waals surface area (Å²) < 4.78 is 3.03. The number of fused-ring (bicyclic) bond motifs is 4. The summed E-state index contributed by atoms with van der Waals surface area (Å²) >= 11 is 3.56. The van der Waals surface area contributed by atoms with Crippen LogP contribution in [-0.4, -0.2) is 31.9 Å². The monoisotopic (exact) mass is 422 g/mol. The van der Waals surface area contributed by atoms with Crippen molar-refractivity contribution in [1.29, 1.82) is 0 Å². The van der Waals surface area contributed by atoms with Crippen LogP contribution in [0.15, 0.2) is 53.3 Å². The number of carbonyl (C=O) groups is 1. The standard InChI is InChI=1S/C21H19BrN4O/c1-13(26-12-23-19-4-2-3-5-20(19)26)21(27)25-9-8-18-16(11-25)15-10-14(22)6-7-17(15)24-18/h2-7,10,12-13,24H,8-9,11H2,1H3/t13-/m0/s1. The summed E-state index contributed by atoms with van der Waals surface area (Å²) in [5.74, 6) is 0.133. The maximum atomic E-state index is 13.2. The minimum absolute atomic E-state index is 0.133. The van der Waals surface area contributed by atoms with Crippen molar-refractivity contribution in [1.82, 2.24) is 19.4 Å². The van der Waals surface area contributed by atoms with E-state index in [9.17, 15) is 4.79 Å². The van der Waals surface area contributed by atoms with Crippen molar-refractivity contribution >= 4 is 43.8 Å². The lowest BCUT2D eigenvalue weighted by Gasteiger charge is -2.30. The van der Waals surface area contributed by atoms with Crippen molar-refractivity contribution in [2.24, 2.45) is 0 Å². The molecular weight excluding hydrogens is 404 g/mol. The van der Waals surface area contributed by atoms with Crippen molar-refractivity contribution in [3.63, 3.8) is 0 Å². The van der Waals surface area contributed by atoms with E-state index in [0.717, 1.165) is 34.0 Å². The van der Waals surface area contributed by atoms with Gasteiger partial charge in [0.05, 0.1) is 17.4 Å². The fourth-order valence-corrected chi connectivity index (χ4v) is 4.41. The van der Waals surface area contributed by atoms with E-state index in [0.29, 0.717) is 6.54 Å². The van der Waals surface area contributed by atoms with Gasteiger partial charge in [0, 0.05) is 46.1 Å². The second-order valence-corrected chi connectivity index (χ2v) is 8.01. The first-order valence-electron chi connectivity index (χ1n) is 9.11. The number of imidazole rings is 1. The third kappa shape index (κ3) is 2.67. The van der Waals surface area contributed by atoms with Crippen molar-refractivity contribution in [3.05, 3.63) is 64.5 Å². The fraction of sp³-hybridized carbons (Fsp3) is 0.238. The largest absolute Gasteiger partial charge is 0.358 e. The highest BCUT2D eigenvalue weighted by Gasteiger charge is 2.28. The van der Waals surface area contributed by atoms with E-state index in [-0.39, 0.29) is 11.9 Å². The summed E-state index contributed by atoms with van der Waals surface area (Å²) in [6, 6.07) is 13.9. The highest BCUT2D eigenvalue weighted by atomic mass is 79.9. The number of nitrogens with one attached hydrogen (secondary N) is 1. The number of aromatic nitrogens is 3. The van der Waals surface area contributed by atoms with E-state index in [2.05, 4.69) is 38.0 Å². The summed E-state index contributed by atoms with van der Waals surface area (Å²) in [7, 11) is 0. The molecule has 1 atom stereocenters. The molecule has 2 aromatic heterocycles. The van der Waals surface area contributed by atoms with E-state index in [1.807, 2.05) is 46.7 Å². The Morgan fingerprint density at radius 1 is 1.26 bits per heavy atom. The third-order valence-corrected chi connectivity index (χ3v) is 6.00. The van der Waals surface area contributed by atoms with Gasteiger partial charge in [0.1, 0.15) is 6.04 Å². The molecule has 4 aromatic rings. The van der Waals surface area contributed by atoms with Crippen molar-refractivity contribution in [2.45, 2.75) is 25.9 Å². The van der Waals surface area contributed by atoms with Crippen LogP contribution in [0.2, 0.25) is 0 Å². The summed E-state index contributed by atoms with van der Waals surface area (Å²) in [6.07, 6.45) is 2.62. The smallest absolute Gasteiger partial charge is 0.245 e. The van der Waals surface area contributed by atoms with Crippen LogP contribution in [0.3, 0.4) is 0 Å². The molecule has 2 aromatic carbocycles. The molecule has 5 rings (SSSR count). The molecule has 1 amide bonds. The number of rotatable bonds is 2. The number of amides is 1. The van der Waals surface area contributed by atoms with Crippen LogP contribution in [0.25, 0.3) is 21.9 Å². The average Bonchev–Trinajstić information content (AvgIpc) is 3.27. The molecule has 0 unspecified atom stereocenters. The maximum absolute atomic E-state index is 13.2. The average molecular weight is 423 g/mol. The highest BCUT2D eigenvalue weighted by molar-refractivity contribution is 9.10. The van der Waals surface area contributed by atoms with E-state index in [1.165, 1.54) is 16.6 Å². The number of carbonyl (C=O) groups excluding carboxylic acids is 1. The molecule has 136 valence electrons. The normalized spacial score (nSPS) is 15.3. The predicted molar refractivity (Wildman–Crippen MR) is 110 cm³/mol. The van der Waals surface area contributed by atoms with Crippen LogP contribution in [0, 0.1) is 0 Å². The van der Waals surface area contributed by atoms with E-state index < -0.39 is 0 Å². The lowest BCUT2D eigenvalue weighted by molar-refractivity contribution is -0.135. The molecule has 0 radical (unpaired) electrons. The summed E-state index contributed by atoms with van der Waals surface area (Å²) in [5.41, 5.74) is 5.51. The highest BCUT2D eigenvalue weighted by Crippen LogP contribution is 2.31. The van der Waals surface area contributed by atoms with Crippen LogP contribution in [0.5, 0.6) is 0 Å². The number of benzene rings is 2. The minimum atomic E-state index is -0.282. The van der Waals surface area contributed by atoms with Gasteiger partial charge in [0.2, 0.25) is 5.91 Å². The van der Waals surface area contributed by atoms with E-state index in [4.69, 9.17) is 0 Å². The third-order valence-electron chi connectivity index (χ3n) is 5.50. The molecule has 0 saturated heterocycles. The second-order valence-electron chi connectivity index (χ2n) is 7.10. The number of hydrogen-bond donors (Lipinski definition) is 1. The summed E-state index contributed by atoms with van der Waals surface area (Å²) in [6.45, 7) is 3.33. The molecule has 0 spiro atoms. The number of halogens is 1. The predicted octanol–water partition coefficient (Wildman–Crippen LogP) is 4.43. The van der Waals surface area contributed by atoms with Gasteiger partial charge in [-0.2, -0.15) is 0 Å². The van der Waals surface area contributed by atoms with Crippen LogP contribution < -0.4 is 0 Å². The second kappa shape index (κ2) is 6.23. The van der Waals surface area contributed by atoms with Crippen LogP contribution >= 0.6 is 15.9 Å². The molecule has 3 heterocycles. The maximum Gasteiger partial charge on any atom is 0.245 e. The van der Waals surface area contributed by atoms with E-state index >= 15 is 0 Å².